The summed E-state index contributed by atoms with van der Waals surface area (Å²) < 4.78 is 5.95. The van der Waals surface area contributed by atoms with Gasteiger partial charge in [0.2, 0.25) is 5.91 Å². The normalized spacial score (nSPS) is 13.2. The number of aliphatic hydroxyl groups excluding tert-OH is 2. The molecule has 0 aromatic carbocycles. The number of rotatable bonds is 52. The summed E-state index contributed by atoms with van der Waals surface area (Å²) in [6, 6.07) is -0.700. The van der Waals surface area contributed by atoms with Crippen LogP contribution in [0.5, 0.6) is 0 Å². The van der Waals surface area contributed by atoms with Gasteiger partial charge in [-0.05, 0) is 51.4 Å². The molecule has 0 rings (SSSR count). The first-order valence-corrected chi connectivity index (χ1v) is 28.4. The molecule has 0 fully saturated rings. The number of hydrogen-bond acceptors (Lipinski definition) is 5. The van der Waals surface area contributed by atoms with Gasteiger partial charge in [0.1, 0.15) is 6.10 Å². The molecule has 0 heterocycles. The molecule has 6 heteroatoms. The van der Waals surface area contributed by atoms with Crippen molar-refractivity contribution in [2.75, 3.05) is 6.61 Å². The van der Waals surface area contributed by atoms with E-state index in [9.17, 15) is 19.8 Å². The van der Waals surface area contributed by atoms with Crippen molar-refractivity contribution in [3.8, 4) is 0 Å². The second-order valence-corrected chi connectivity index (χ2v) is 19.7. The fraction of sp³-hybridized carbons (Fsp3) is 0.930. The molecular formula is C57H111NO5. The van der Waals surface area contributed by atoms with Crippen LogP contribution in [-0.4, -0.2) is 46.9 Å². The number of ether oxygens (including phenoxy) is 1. The summed E-state index contributed by atoms with van der Waals surface area (Å²) in [4.78, 5) is 26.2. The molecule has 0 saturated carbocycles. The molecule has 0 saturated heterocycles. The van der Waals surface area contributed by atoms with Crippen molar-refractivity contribution < 1.29 is 24.5 Å². The van der Waals surface area contributed by atoms with Gasteiger partial charge in [-0.25, -0.2) is 0 Å². The number of carbonyl (C=O) groups excluding carboxylic acids is 2. The zero-order chi connectivity index (χ0) is 45.9. The number of amides is 1. The quantitative estimate of drug-likeness (QED) is 0.0321. The summed E-state index contributed by atoms with van der Waals surface area (Å²) in [5.74, 6) is -0.467. The number of nitrogens with one attached hydrogen (secondary N) is 1. The minimum Gasteiger partial charge on any atom is -0.462 e. The maximum atomic E-state index is 13.2. The molecule has 0 aliphatic rings. The second-order valence-electron chi connectivity index (χ2n) is 19.7. The van der Waals surface area contributed by atoms with Gasteiger partial charge in [0.25, 0.3) is 0 Å². The Bertz CT molecular complexity index is 955. The number of aliphatic hydroxyl groups is 2. The number of hydrogen-bond donors (Lipinski definition) is 3. The summed E-state index contributed by atoms with van der Waals surface area (Å²) in [6.07, 6.45) is 58.5. The monoisotopic (exact) mass is 890 g/mol. The van der Waals surface area contributed by atoms with E-state index < -0.39 is 18.2 Å². The molecule has 6 nitrogen and oxygen atoms in total. The Kier molecular flexibility index (Phi) is 50.4. The molecule has 0 aromatic heterocycles. The third kappa shape index (κ3) is 46.9. The first-order chi connectivity index (χ1) is 31.0. The maximum Gasteiger partial charge on any atom is 0.306 e. The molecule has 3 atom stereocenters. The predicted octanol–water partition coefficient (Wildman–Crippen LogP) is 17.3. The third-order valence-electron chi connectivity index (χ3n) is 13.3. The maximum absolute atomic E-state index is 13.2. The summed E-state index contributed by atoms with van der Waals surface area (Å²) in [7, 11) is 0. The standard InChI is InChI=1S/C57H111NO5/c1-4-7-10-13-16-19-22-25-28-31-34-37-40-43-46-49-55(60)54(52-59)58-56(61)51-53(48-45-42-39-36-33-30-27-24-21-18-15-12-9-6-3)63-57(62)50-47-44-41-38-35-32-29-26-23-20-17-14-11-8-5-2/h30,33,53-55,59-60H,4-29,31-32,34-52H2,1-3H3,(H,58,61)/b33-30+. The summed E-state index contributed by atoms with van der Waals surface area (Å²) in [5.41, 5.74) is 0. The summed E-state index contributed by atoms with van der Waals surface area (Å²) in [5, 5.41) is 23.9. The van der Waals surface area contributed by atoms with Crippen LogP contribution < -0.4 is 5.32 Å². The van der Waals surface area contributed by atoms with Crippen LogP contribution in [0.4, 0.5) is 0 Å². The van der Waals surface area contributed by atoms with Crippen LogP contribution in [0.25, 0.3) is 0 Å². The lowest BCUT2D eigenvalue weighted by atomic mass is 10.0. The average molecular weight is 891 g/mol. The first-order valence-electron chi connectivity index (χ1n) is 28.4. The van der Waals surface area contributed by atoms with Crippen molar-refractivity contribution in [3.63, 3.8) is 0 Å². The second kappa shape index (κ2) is 51.6. The van der Waals surface area contributed by atoms with Crippen LogP contribution in [0.2, 0.25) is 0 Å². The molecule has 0 spiro atoms. The van der Waals surface area contributed by atoms with E-state index in [0.717, 1.165) is 57.8 Å². The molecule has 0 aromatic rings. The highest BCUT2D eigenvalue weighted by Crippen LogP contribution is 2.19. The van der Waals surface area contributed by atoms with E-state index in [1.807, 2.05) is 0 Å². The summed E-state index contributed by atoms with van der Waals surface area (Å²) in [6.45, 7) is 6.52. The van der Waals surface area contributed by atoms with E-state index in [1.165, 1.54) is 212 Å². The highest BCUT2D eigenvalue weighted by Gasteiger charge is 2.24. The first kappa shape index (κ1) is 61.6. The van der Waals surface area contributed by atoms with Crippen LogP contribution in [0, 0.1) is 0 Å². The van der Waals surface area contributed by atoms with Crippen LogP contribution >= 0.6 is 0 Å². The Morgan fingerprint density at radius 2 is 0.762 bits per heavy atom. The Labute approximate surface area is 393 Å². The Hall–Kier alpha value is -1.40. The molecule has 0 aliphatic carbocycles. The van der Waals surface area contributed by atoms with Gasteiger partial charge in [0.05, 0.1) is 25.2 Å². The minimum absolute atomic E-state index is 0.0745. The van der Waals surface area contributed by atoms with Crippen molar-refractivity contribution in [1.29, 1.82) is 0 Å². The molecule has 0 aliphatic heterocycles. The lowest BCUT2D eigenvalue weighted by Gasteiger charge is -2.24. The predicted molar refractivity (Wildman–Crippen MR) is 273 cm³/mol. The largest absolute Gasteiger partial charge is 0.462 e. The SMILES string of the molecule is CCCCCCCCC/C=C/CCCCCC(CC(=O)NC(CO)C(O)CCCCCCCCCCCCCCCCC)OC(=O)CCCCCCCCCCCCCCCCC. The number of allylic oxidation sites excluding steroid dienone is 2. The van der Waals surface area contributed by atoms with Crippen molar-refractivity contribution in [3.05, 3.63) is 12.2 Å². The third-order valence-corrected chi connectivity index (χ3v) is 13.3. The highest BCUT2D eigenvalue weighted by atomic mass is 16.5. The Morgan fingerprint density at radius 3 is 1.14 bits per heavy atom. The van der Waals surface area contributed by atoms with E-state index in [-0.39, 0.29) is 24.9 Å². The van der Waals surface area contributed by atoms with Crippen molar-refractivity contribution in [2.45, 2.75) is 334 Å². The van der Waals surface area contributed by atoms with Gasteiger partial charge in [-0.3, -0.25) is 9.59 Å². The van der Waals surface area contributed by atoms with E-state index in [2.05, 4.69) is 38.2 Å². The van der Waals surface area contributed by atoms with E-state index in [0.29, 0.717) is 19.3 Å². The summed E-state index contributed by atoms with van der Waals surface area (Å²) >= 11 is 0. The molecule has 0 radical (unpaired) electrons. The lowest BCUT2D eigenvalue weighted by Crippen LogP contribution is -2.46. The molecule has 3 N–H and O–H groups in total. The van der Waals surface area contributed by atoms with Gasteiger partial charge in [-0.1, -0.05) is 264 Å². The molecular weight excluding hydrogens is 779 g/mol. The number of esters is 1. The van der Waals surface area contributed by atoms with Crippen LogP contribution in [0.15, 0.2) is 12.2 Å². The van der Waals surface area contributed by atoms with Gasteiger partial charge < -0.3 is 20.3 Å². The van der Waals surface area contributed by atoms with Crippen LogP contribution in [0.1, 0.15) is 316 Å². The Morgan fingerprint density at radius 1 is 0.444 bits per heavy atom. The Balaban J connectivity index is 4.52. The van der Waals surface area contributed by atoms with Gasteiger partial charge in [-0.2, -0.15) is 0 Å². The topological polar surface area (TPSA) is 95.9 Å². The van der Waals surface area contributed by atoms with Crippen molar-refractivity contribution >= 4 is 11.9 Å². The smallest absolute Gasteiger partial charge is 0.306 e. The fourth-order valence-electron chi connectivity index (χ4n) is 9.02. The van der Waals surface area contributed by atoms with Gasteiger partial charge in [-0.15, -0.1) is 0 Å². The van der Waals surface area contributed by atoms with Crippen LogP contribution in [0.3, 0.4) is 0 Å². The molecule has 3 unspecified atom stereocenters. The minimum atomic E-state index is -0.786. The molecule has 0 bridgehead atoms. The zero-order valence-electron chi connectivity index (χ0n) is 42.7. The fourth-order valence-corrected chi connectivity index (χ4v) is 9.02. The van der Waals surface area contributed by atoms with Crippen LogP contribution in [-0.2, 0) is 14.3 Å². The number of unbranched alkanes of at least 4 members (excludes halogenated alkanes) is 38. The van der Waals surface area contributed by atoms with Gasteiger partial charge in [0.15, 0.2) is 0 Å². The van der Waals surface area contributed by atoms with Gasteiger partial charge >= 0.3 is 5.97 Å². The lowest BCUT2D eigenvalue weighted by molar-refractivity contribution is -0.151. The molecule has 1 amide bonds. The molecule has 374 valence electrons. The van der Waals surface area contributed by atoms with E-state index in [4.69, 9.17) is 4.74 Å². The van der Waals surface area contributed by atoms with Crippen molar-refractivity contribution in [2.24, 2.45) is 0 Å². The average Bonchev–Trinajstić information content (AvgIpc) is 3.28. The van der Waals surface area contributed by atoms with Crippen molar-refractivity contribution in [1.82, 2.24) is 5.32 Å². The van der Waals surface area contributed by atoms with E-state index in [1.54, 1.807) is 0 Å². The zero-order valence-corrected chi connectivity index (χ0v) is 42.7. The molecule has 63 heavy (non-hydrogen) atoms. The highest BCUT2D eigenvalue weighted by molar-refractivity contribution is 5.77. The van der Waals surface area contributed by atoms with E-state index >= 15 is 0 Å². The number of carbonyl (C=O) groups is 2. The van der Waals surface area contributed by atoms with Gasteiger partial charge in [0, 0.05) is 6.42 Å².